The number of nitro groups is 1. The smallest absolute Gasteiger partial charge is 0.270 e. The number of sulfonamides is 1. The largest absolute Gasteiger partial charge is 0.339 e. The molecule has 10 heteroatoms. The first-order chi connectivity index (χ1) is 13.8. The lowest BCUT2D eigenvalue weighted by Crippen LogP contribution is -2.50. The third-order valence-corrected chi connectivity index (χ3v) is 7.53. The van der Waals surface area contributed by atoms with Crippen LogP contribution < -0.4 is 0 Å². The van der Waals surface area contributed by atoms with Gasteiger partial charge in [0.05, 0.1) is 15.6 Å². The molecule has 0 saturated carbocycles. The molecule has 1 amide bonds. The van der Waals surface area contributed by atoms with Crippen LogP contribution in [0, 0.1) is 17.0 Å². The number of hydrogen-bond acceptors (Lipinski definition) is 6. The molecule has 0 N–H and O–H groups in total. The van der Waals surface area contributed by atoms with Crippen LogP contribution in [0.1, 0.15) is 5.56 Å². The maximum absolute atomic E-state index is 12.8. The van der Waals surface area contributed by atoms with E-state index in [1.165, 1.54) is 34.3 Å². The number of amides is 1. The highest BCUT2D eigenvalue weighted by Crippen LogP contribution is 2.23. The standard InChI is InChI=1S/C19H21N3O5S2/c1-15-5-7-17(8-6-15)28-14-19(23)20-9-11-21(12-10-20)29(26,27)18-4-2-3-16(13-18)22(24)25/h2-8,13H,9-12,14H2,1H3. The number of aryl methyl sites for hydroxylation is 1. The van der Waals surface area contributed by atoms with Crippen molar-refractivity contribution in [2.24, 2.45) is 0 Å². The van der Waals surface area contributed by atoms with Crippen LogP contribution in [-0.2, 0) is 14.8 Å². The lowest BCUT2D eigenvalue weighted by atomic mass is 10.2. The van der Waals surface area contributed by atoms with Crippen molar-refractivity contribution < 1.29 is 18.1 Å². The molecule has 0 radical (unpaired) electrons. The summed E-state index contributed by atoms with van der Waals surface area (Å²) in [5, 5.41) is 10.9. The fourth-order valence-electron chi connectivity index (χ4n) is 2.96. The maximum atomic E-state index is 12.8. The van der Waals surface area contributed by atoms with Crippen LogP contribution in [-0.4, -0.2) is 60.4 Å². The topological polar surface area (TPSA) is 101 Å². The Kier molecular flexibility index (Phi) is 6.56. The van der Waals surface area contributed by atoms with Gasteiger partial charge in [-0.15, -0.1) is 11.8 Å². The predicted octanol–water partition coefficient (Wildman–Crippen LogP) is 2.53. The summed E-state index contributed by atoms with van der Waals surface area (Å²) >= 11 is 1.45. The highest BCUT2D eigenvalue weighted by molar-refractivity contribution is 8.00. The molecule has 154 valence electrons. The van der Waals surface area contributed by atoms with Crippen LogP contribution in [0.5, 0.6) is 0 Å². The number of nitro benzene ring substituents is 1. The van der Waals surface area contributed by atoms with Gasteiger partial charge in [-0.05, 0) is 25.1 Å². The second kappa shape index (κ2) is 8.93. The van der Waals surface area contributed by atoms with E-state index in [2.05, 4.69) is 0 Å². The first-order valence-electron chi connectivity index (χ1n) is 8.99. The lowest BCUT2D eigenvalue weighted by molar-refractivity contribution is -0.385. The van der Waals surface area contributed by atoms with Gasteiger partial charge in [0.1, 0.15) is 0 Å². The number of thioether (sulfide) groups is 1. The van der Waals surface area contributed by atoms with Crippen molar-refractivity contribution in [2.45, 2.75) is 16.7 Å². The number of hydrogen-bond donors (Lipinski definition) is 0. The fourth-order valence-corrected chi connectivity index (χ4v) is 5.22. The van der Waals surface area contributed by atoms with E-state index in [0.29, 0.717) is 18.8 Å². The van der Waals surface area contributed by atoms with E-state index in [4.69, 9.17) is 0 Å². The normalized spacial score (nSPS) is 15.3. The quantitative estimate of drug-likeness (QED) is 0.393. The van der Waals surface area contributed by atoms with Crippen molar-refractivity contribution in [3.05, 3.63) is 64.2 Å². The van der Waals surface area contributed by atoms with Crippen LogP contribution in [0.15, 0.2) is 58.3 Å². The van der Waals surface area contributed by atoms with E-state index in [9.17, 15) is 23.3 Å². The Hall–Kier alpha value is -2.43. The summed E-state index contributed by atoms with van der Waals surface area (Å²) < 4.78 is 26.8. The predicted molar refractivity (Wildman–Crippen MR) is 110 cm³/mol. The number of benzene rings is 2. The van der Waals surface area contributed by atoms with Crippen LogP contribution in [0.4, 0.5) is 5.69 Å². The maximum Gasteiger partial charge on any atom is 0.270 e. The molecule has 29 heavy (non-hydrogen) atoms. The second-order valence-corrected chi connectivity index (χ2v) is 9.63. The molecule has 0 bridgehead atoms. The van der Waals surface area contributed by atoms with Gasteiger partial charge in [-0.25, -0.2) is 8.42 Å². The molecule has 0 aromatic heterocycles. The third kappa shape index (κ3) is 5.14. The molecular formula is C19H21N3O5S2. The minimum Gasteiger partial charge on any atom is -0.339 e. The summed E-state index contributed by atoms with van der Waals surface area (Å²) in [4.78, 5) is 25.3. The van der Waals surface area contributed by atoms with Gasteiger partial charge in [-0.1, -0.05) is 23.8 Å². The minimum absolute atomic E-state index is 0.0389. The van der Waals surface area contributed by atoms with E-state index in [1.807, 2.05) is 31.2 Å². The molecule has 0 spiro atoms. The van der Waals surface area contributed by atoms with Crippen LogP contribution in [0.3, 0.4) is 0 Å². The molecule has 0 aliphatic carbocycles. The number of non-ortho nitro benzene ring substituents is 1. The Morgan fingerprint density at radius 1 is 1.10 bits per heavy atom. The molecule has 2 aromatic carbocycles. The fraction of sp³-hybridized carbons (Fsp3) is 0.316. The van der Waals surface area contributed by atoms with Gasteiger partial charge in [0, 0.05) is 43.2 Å². The summed E-state index contributed by atoms with van der Waals surface area (Å²) in [5.74, 6) is 0.253. The van der Waals surface area contributed by atoms with E-state index in [1.54, 1.807) is 4.90 Å². The monoisotopic (exact) mass is 435 g/mol. The van der Waals surface area contributed by atoms with Gasteiger partial charge in [-0.3, -0.25) is 14.9 Å². The first-order valence-corrected chi connectivity index (χ1v) is 11.4. The Balaban J connectivity index is 1.58. The number of rotatable bonds is 6. The van der Waals surface area contributed by atoms with E-state index in [0.717, 1.165) is 16.5 Å². The molecule has 2 aromatic rings. The van der Waals surface area contributed by atoms with Crippen molar-refractivity contribution in [1.29, 1.82) is 0 Å². The third-order valence-electron chi connectivity index (χ3n) is 4.64. The van der Waals surface area contributed by atoms with Crippen molar-refractivity contribution in [1.82, 2.24) is 9.21 Å². The van der Waals surface area contributed by atoms with Crippen LogP contribution >= 0.6 is 11.8 Å². The Morgan fingerprint density at radius 2 is 1.76 bits per heavy atom. The molecule has 3 rings (SSSR count). The average Bonchev–Trinajstić information content (AvgIpc) is 2.73. The van der Waals surface area contributed by atoms with Gasteiger partial charge in [0.25, 0.3) is 5.69 Å². The SMILES string of the molecule is Cc1ccc(SCC(=O)N2CCN(S(=O)(=O)c3cccc([N+](=O)[O-])c3)CC2)cc1. The molecule has 1 aliphatic heterocycles. The molecule has 0 unspecified atom stereocenters. The first kappa shape index (κ1) is 21.3. The Bertz CT molecular complexity index is 1000. The van der Waals surface area contributed by atoms with E-state index < -0.39 is 14.9 Å². The molecular weight excluding hydrogens is 414 g/mol. The molecule has 1 saturated heterocycles. The van der Waals surface area contributed by atoms with Crippen molar-refractivity contribution in [3.63, 3.8) is 0 Å². The van der Waals surface area contributed by atoms with Crippen molar-refractivity contribution in [2.75, 3.05) is 31.9 Å². The molecule has 1 heterocycles. The Labute approximate surface area is 173 Å². The summed E-state index contributed by atoms with van der Waals surface area (Å²) in [6, 6.07) is 12.9. The second-order valence-electron chi connectivity index (χ2n) is 6.64. The highest BCUT2D eigenvalue weighted by Gasteiger charge is 2.30. The van der Waals surface area contributed by atoms with Crippen molar-refractivity contribution in [3.8, 4) is 0 Å². The van der Waals surface area contributed by atoms with Gasteiger partial charge >= 0.3 is 0 Å². The van der Waals surface area contributed by atoms with E-state index in [-0.39, 0.29) is 29.6 Å². The summed E-state index contributed by atoms with van der Waals surface area (Å²) in [6.45, 7) is 2.90. The van der Waals surface area contributed by atoms with Gasteiger partial charge in [0.2, 0.25) is 15.9 Å². The summed E-state index contributed by atoms with van der Waals surface area (Å²) in [6.07, 6.45) is 0. The number of nitrogens with zero attached hydrogens (tertiary/aromatic N) is 3. The van der Waals surface area contributed by atoms with Crippen molar-refractivity contribution >= 4 is 33.4 Å². The number of piperazine rings is 1. The van der Waals surface area contributed by atoms with Gasteiger partial charge in [0.15, 0.2) is 0 Å². The molecule has 0 atom stereocenters. The van der Waals surface area contributed by atoms with Crippen LogP contribution in [0.25, 0.3) is 0 Å². The van der Waals surface area contributed by atoms with Gasteiger partial charge < -0.3 is 4.90 Å². The Morgan fingerprint density at radius 3 is 2.38 bits per heavy atom. The average molecular weight is 436 g/mol. The molecule has 1 aliphatic rings. The van der Waals surface area contributed by atoms with Gasteiger partial charge in [-0.2, -0.15) is 4.31 Å². The lowest BCUT2D eigenvalue weighted by Gasteiger charge is -2.34. The molecule has 1 fully saturated rings. The molecule has 8 nitrogen and oxygen atoms in total. The zero-order valence-corrected chi connectivity index (χ0v) is 17.5. The zero-order valence-electron chi connectivity index (χ0n) is 15.9. The summed E-state index contributed by atoms with van der Waals surface area (Å²) in [7, 11) is -3.84. The minimum atomic E-state index is -3.84. The zero-order chi connectivity index (χ0) is 21.0. The van der Waals surface area contributed by atoms with Crippen LogP contribution in [0.2, 0.25) is 0 Å². The number of carbonyl (C=O) groups is 1. The highest BCUT2D eigenvalue weighted by atomic mass is 32.2. The summed E-state index contributed by atoms with van der Waals surface area (Å²) in [5.41, 5.74) is 0.884. The van der Waals surface area contributed by atoms with E-state index >= 15 is 0 Å². The number of carbonyl (C=O) groups excluding carboxylic acids is 1.